The first-order valence-corrected chi connectivity index (χ1v) is 11.3. The largest absolute Gasteiger partial charge is 0.488 e. The first-order chi connectivity index (χ1) is 16.8. The van der Waals surface area contributed by atoms with Gasteiger partial charge in [-0.15, -0.1) is 0 Å². The molecule has 0 unspecified atom stereocenters. The second-order valence-electron chi connectivity index (χ2n) is 8.04. The number of pyridine rings is 1. The van der Waals surface area contributed by atoms with Gasteiger partial charge in [-0.05, 0) is 29.8 Å². The average molecular weight is 456 g/mol. The molecule has 0 radical (unpaired) electrons. The lowest BCUT2D eigenvalue weighted by Crippen LogP contribution is -2.26. The lowest BCUT2D eigenvalue weighted by atomic mass is 10.0. The second kappa shape index (κ2) is 10.2. The number of nitrogens with zero attached hydrogens (tertiary/aromatic N) is 6. The minimum atomic E-state index is 0.0361. The molecule has 0 aliphatic carbocycles. The third-order valence-corrected chi connectivity index (χ3v) is 5.68. The molecule has 9 nitrogen and oxygen atoms in total. The lowest BCUT2D eigenvalue weighted by Gasteiger charge is -2.25. The van der Waals surface area contributed by atoms with Gasteiger partial charge in [0.1, 0.15) is 23.7 Å². The quantitative estimate of drug-likeness (QED) is 0.428. The van der Waals surface area contributed by atoms with E-state index in [1.54, 1.807) is 24.7 Å². The highest BCUT2D eigenvalue weighted by Gasteiger charge is 2.20. The van der Waals surface area contributed by atoms with E-state index >= 15 is 0 Å². The van der Waals surface area contributed by atoms with Crippen molar-refractivity contribution >= 4 is 11.5 Å². The van der Waals surface area contributed by atoms with Crippen LogP contribution in [0, 0.1) is 11.3 Å². The maximum absolute atomic E-state index is 9.68. The number of hydrogen-bond donors (Lipinski definition) is 1. The van der Waals surface area contributed by atoms with Crippen LogP contribution >= 0.6 is 0 Å². The standard InChI is InChI=1S/C25H25N7O2/c26-16-20-3-1-4-23(25(20)34-22-6-13-33-14-7-22)19-5-9-27-24(15-19)30-21-17-29-32(18-21)12-11-31-10-2-8-28-31/h1-5,8-10,15,17-18,22H,6-7,11-14H2,(H,27,30). The molecule has 1 N–H and O–H groups in total. The Bertz CT molecular complexity index is 1270. The highest BCUT2D eigenvalue weighted by atomic mass is 16.5. The number of aromatic nitrogens is 5. The van der Waals surface area contributed by atoms with E-state index in [4.69, 9.17) is 9.47 Å². The number of rotatable bonds is 8. The first kappa shape index (κ1) is 21.7. The Kier molecular flexibility index (Phi) is 6.49. The summed E-state index contributed by atoms with van der Waals surface area (Å²) in [7, 11) is 0. The zero-order valence-corrected chi connectivity index (χ0v) is 18.7. The van der Waals surface area contributed by atoms with Crippen LogP contribution < -0.4 is 10.1 Å². The van der Waals surface area contributed by atoms with Gasteiger partial charge in [-0.1, -0.05) is 12.1 Å². The maximum Gasteiger partial charge on any atom is 0.145 e. The summed E-state index contributed by atoms with van der Waals surface area (Å²) in [6.07, 6.45) is 10.8. The van der Waals surface area contributed by atoms with Gasteiger partial charge in [-0.2, -0.15) is 15.5 Å². The van der Waals surface area contributed by atoms with Crippen molar-refractivity contribution in [2.45, 2.75) is 32.0 Å². The van der Waals surface area contributed by atoms with Gasteiger partial charge in [-0.3, -0.25) is 9.36 Å². The number of aryl methyl sites for hydroxylation is 2. The molecule has 34 heavy (non-hydrogen) atoms. The molecule has 4 heterocycles. The highest BCUT2D eigenvalue weighted by Crippen LogP contribution is 2.35. The Hall–Kier alpha value is -4.16. The summed E-state index contributed by atoms with van der Waals surface area (Å²) in [6.45, 7) is 2.80. The predicted molar refractivity (Wildman–Crippen MR) is 127 cm³/mol. The van der Waals surface area contributed by atoms with Crippen molar-refractivity contribution in [3.63, 3.8) is 0 Å². The number of anilines is 2. The molecule has 0 spiro atoms. The summed E-state index contributed by atoms with van der Waals surface area (Å²) in [5.41, 5.74) is 3.15. The van der Waals surface area contributed by atoms with Crippen molar-refractivity contribution in [2.24, 2.45) is 0 Å². The van der Waals surface area contributed by atoms with Gasteiger partial charge in [0.2, 0.25) is 0 Å². The summed E-state index contributed by atoms with van der Waals surface area (Å²) in [6, 6.07) is 13.7. The molecule has 0 atom stereocenters. The molecular formula is C25H25N7O2. The Labute approximate surface area is 197 Å². The number of para-hydroxylation sites is 1. The van der Waals surface area contributed by atoms with Gasteiger partial charge >= 0.3 is 0 Å². The van der Waals surface area contributed by atoms with Gasteiger partial charge in [-0.25, -0.2) is 4.98 Å². The normalized spacial score (nSPS) is 14.0. The van der Waals surface area contributed by atoms with Crippen LogP contribution in [-0.2, 0) is 17.8 Å². The lowest BCUT2D eigenvalue weighted by molar-refractivity contribution is 0.0257. The maximum atomic E-state index is 9.68. The number of nitriles is 1. The fourth-order valence-corrected chi connectivity index (χ4v) is 3.94. The molecule has 1 saturated heterocycles. The fourth-order valence-electron chi connectivity index (χ4n) is 3.94. The van der Waals surface area contributed by atoms with E-state index in [0.29, 0.717) is 36.9 Å². The number of nitrogens with one attached hydrogen (secondary N) is 1. The monoisotopic (exact) mass is 455 g/mol. The molecule has 1 fully saturated rings. The van der Waals surface area contributed by atoms with Crippen LogP contribution in [0.2, 0.25) is 0 Å². The molecule has 3 aromatic heterocycles. The van der Waals surface area contributed by atoms with Gasteiger partial charge in [0.05, 0.1) is 43.8 Å². The van der Waals surface area contributed by atoms with Gasteiger partial charge < -0.3 is 14.8 Å². The van der Waals surface area contributed by atoms with E-state index in [9.17, 15) is 5.26 Å². The summed E-state index contributed by atoms with van der Waals surface area (Å²) in [5.74, 6) is 1.30. The zero-order valence-electron chi connectivity index (χ0n) is 18.7. The Morgan fingerprint density at radius 3 is 2.79 bits per heavy atom. The summed E-state index contributed by atoms with van der Waals surface area (Å²) >= 11 is 0. The van der Waals surface area contributed by atoms with E-state index in [-0.39, 0.29) is 6.10 Å². The minimum absolute atomic E-state index is 0.0361. The van der Waals surface area contributed by atoms with Crippen LogP contribution in [0.15, 0.2) is 67.4 Å². The molecule has 172 valence electrons. The summed E-state index contributed by atoms with van der Waals surface area (Å²) in [4.78, 5) is 4.46. The number of hydrogen-bond acceptors (Lipinski definition) is 7. The van der Waals surface area contributed by atoms with Gasteiger partial charge in [0, 0.05) is 43.2 Å². The van der Waals surface area contributed by atoms with Crippen LogP contribution in [-0.4, -0.2) is 43.9 Å². The van der Waals surface area contributed by atoms with Gasteiger partial charge in [0.15, 0.2) is 0 Å². The Balaban J connectivity index is 1.34. The fraction of sp³-hybridized carbons (Fsp3) is 0.280. The molecule has 4 aromatic rings. The molecule has 1 aliphatic rings. The van der Waals surface area contributed by atoms with Crippen LogP contribution in [0.25, 0.3) is 11.1 Å². The topological polar surface area (TPSA) is 103 Å². The van der Waals surface area contributed by atoms with Crippen LogP contribution in [0.4, 0.5) is 11.5 Å². The van der Waals surface area contributed by atoms with Crippen molar-refractivity contribution in [1.29, 1.82) is 5.26 Å². The zero-order chi connectivity index (χ0) is 23.2. The number of benzene rings is 1. The molecule has 0 saturated carbocycles. The number of ether oxygens (including phenoxy) is 2. The van der Waals surface area contributed by atoms with E-state index in [1.807, 2.05) is 52.1 Å². The van der Waals surface area contributed by atoms with Gasteiger partial charge in [0.25, 0.3) is 0 Å². The third-order valence-electron chi connectivity index (χ3n) is 5.68. The molecule has 0 bridgehead atoms. The molecule has 1 aliphatic heterocycles. The van der Waals surface area contributed by atoms with Crippen molar-refractivity contribution in [1.82, 2.24) is 24.5 Å². The van der Waals surface area contributed by atoms with Crippen molar-refractivity contribution in [3.05, 3.63) is 72.9 Å². The average Bonchev–Trinajstić information content (AvgIpc) is 3.56. The van der Waals surface area contributed by atoms with Crippen molar-refractivity contribution in [2.75, 3.05) is 18.5 Å². The van der Waals surface area contributed by atoms with Crippen molar-refractivity contribution < 1.29 is 9.47 Å². The Morgan fingerprint density at radius 2 is 1.97 bits per heavy atom. The Morgan fingerprint density at radius 1 is 1.09 bits per heavy atom. The van der Waals surface area contributed by atoms with E-state index in [1.165, 1.54) is 0 Å². The molecule has 0 amide bonds. The van der Waals surface area contributed by atoms with Crippen LogP contribution in [0.3, 0.4) is 0 Å². The van der Waals surface area contributed by atoms with Crippen LogP contribution in [0.5, 0.6) is 5.75 Å². The summed E-state index contributed by atoms with van der Waals surface area (Å²) in [5, 5.41) is 21.6. The predicted octanol–water partition coefficient (Wildman–Crippen LogP) is 4.01. The molecule has 1 aromatic carbocycles. The highest BCUT2D eigenvalue weighted by molar-refractivity contribution is 5.76. The molecule has 9 heteroatoms. The van der Waals surface area contributed by atoms with Crippen LogP contribution in [0.1, 0.15) is 18.4 Å². The molecule has 5 rings (SSSR count). The minimum Gasteiger partial charge on any atom is -0.488 e. The smallest absolute Gasteiger partial charge is 0.145 e. The van der Waals surface area contributed by atoms with E-state index in [0.717, 1.165) is 36.2 Å². The van der Waals surface area contributed by atoms with E-state index in [2.05, 4.69) is 26.6 Å². The van der Waals surface area contributed by atoms with E-state index < -0.39 is 0 Å². The SMILES string of the molecule is N#Cc1cccc(-c2ccnc(Nc3cnn(CCn4cccn4)c3)c2)c1OC1CCOCC1. The summed E-state index contributed by atoms with van der Waals surface area (Å²) < 4.78 is 15.5. The van der Waals surface area contributed by atoms with Crippen molar-refractivity contribution in [3.8, 4) is 22.9 Å². The second-order valence-corrected chi connectivity index (χ2v) is 8.04. The first-order valence-electron chi connectivity index (χ1n) is 11.3. The third kappa shape index (κ3) is 5.08. The molecular weight excluding hydrogens is 430 g/mol.